The van der Waals surface area contributed by atoms with E-state index in [0.29, 0.717) is 24.5 Å². The molecule has 0 aromatic heterocycles. The van der Waals surface area contributed by atoms with Gasteiger partial charge in [0, 0.05) is 11.6 Å². The average molecular weight is 263 g/mol. The van der Waals surface area contributed by atoms with Crippen LogP contribution in [-0.2, 0) is 11.2 Å². The van der Waals surface area contributed by atoms with Gasteiger partial charge >= 0.3 is 0 Å². The maximum atomic E-state index is 11.4. The Balaban J connectivity index is 0.00000225. The fourth-order valence-corrected chi connectivity index (χ4v) is 1.44. The lowest BCUT2D eigenvalue weighted by atomic mass is 10.1. The Morgan fingerprint density at radius 2 is 2.19 bits per heavy atom. The van der Waals surface area contributed by atoms with E-state index < -0.39 is 0 Å². The summed E-state index contributed by atoms with van der Waals surface area (Å²) in [6.45, 7) is 1.23. The van der Waals surface area contributed by atoms with Crippen molar-refractivity contribution < 1.29 is 4.79 Å². The summed E-state index contributed by atoms with van der Waals surface area (Å²) in [5, 5.41) is 3.44. The maximum absolute atomic E-state index is 11.4. The molecule has 0 bridgehead atoms. The molecule has 3 N–H and O–H groups in total. The molecule has 0 heterocycles. The van der Waals surface area contributed by atoms with Crippen LogP contribution in [0.25, 0.3) is 0 Å². The third-order valence-corrected chi connectivity index (χ3v) is 2.19. The first kappa shape index (κ1) is 15.2. The first-order valence-electron chi connectivity index (χ1n) is 4.93. The van der Waals surface area contributed by atoms with Gasteiger partial charge in [0.05, 0.1) is 6.42 Å². The number of benzene rings is 1. The van der Waals surface area contributed by atoms with Crippen molar-refractivity contribution in [3.05, 3.63) is 34.9 Å². The van der Waals surface area contributed by atoms with Crippen molar-refractivity contribution in [2.24, 2.45) is 5.73 Å². The molecule has 1 rings (SSSR count). The predicted octanol–water partition coefficient (Wildman–Crippen LogP) is 1.77. The summed E-state index contributed by atoms with van der Waals surface area (Å²) in [5.74, 6) is 0.00529. The van der Waals surface area contributed by atoms with Gasteiger partial charge in [-0.25, -0.2) is 0 Å². The highest BCUT2D eigenvalue weighted by Crippen LogP contribution is 2.10. The van der Waals surface area contributed by atoms with Gasteiger partial charge in [0.25, 0.3) is 0 Å². The molecule has 90 valence electrons. The Bertz CT molecular complexity index is 332. The molecule has 16 heavy (non-hydrogen) atoms. The molecule has 0 unspecified atom stereocenters. The Morgan fingerprint density at radius 1 is 1.44 bits per heavy atom. The molecule has 0 radical (unpaired) electrons. The lowest BCUT2D eigenvalue weighted by molar-refractivity contribution is -0.120. The molecule has 0 aliphatic heterocycles. The summed E-state index contributed by atoms with van der Waals surface area (Å²) >= 11 is 5.81. The molecule has 0 aliphatic rings. The molecule has 1 aromatic rings. The van der Waals surface area contributed by atoms with Crippen LogP contribution >= 0.6 is 24.0 Å². The molecule has 1 amide bonds. The zero-order valence-electron chi connectivity index (χ0n) is 8.91. The quantitative estimate of drug-likeness (QED) is 0.795. The van der Waals surface area contributed by atoms with E-state index in [4.69, 9.17) is 17.3 Å². The molecule has 5 heteroatoms. The normalized spacial score (nSPS) is 9.38. The van der Waals surface area contributed by atoms with Crippen molar-refractivity contribution in [2.45, 2.75) is 12.8 Å². The number of rotatable bonds is 5. The van der Waals surface area contributed by atoms with Crippen LogP contribution in [0, 0.1) is 0 Å². The largest absolute Gasteiger partial charge is 0.356 e. The van der Waals surface area contributed by atoms with Gasteiger partial charge in [-0.1, -0.05) is 23.7 Å². The zero-order chi connectivity index (χ0) is 11.1. The van der Waals surface area contributed by atoms with E-state index in [-0.39, 0.29) is 18.3 Å². The molecular weight excluding hydrogens is 247 g/mol. The first-order chi connectivity index (χ1) is 7.22. The molecule has 0 saturated carbocycles. The molecule has 3 nitrogen and oxygen atoms in total. The summed E-state index contributed by atoms with van der Waals surface area (Å²) in [6.07, 6.45) is 1.17. The molecular formula is C11H16Cl2N2O. The van der Waals surface area contributed by atoms with Crippen LogP contribution in [0.3, 0.4) is 0 Å². The number of nitrogens with one attached hydrogen (secondary N) is 1. The second kappa shape index (κ2) is 8.39. The van der Waals surface area contributed by atoms with Gasteiger partial charge in [-0.2, -0.15) is 0 Å². The Labute approximate surface area is 107 Å². The SMILES string of the molecule is Cl.NCCCNC(=O)Cc1cccc(Cl)c1. The van der Waals surface area contributed by atoms with Crippen molar-refractivity contribution in [1.82, 2.24) is 5.32 Å². The van der Waals surface area contributed by atoms with E-state index in [9.17, 15) is 4.79 Å². The van der Waals surface area contributed by atoms with E-state index in [1.165, 1.54) is 0 Å². The molecule has 1 aromatic carbocycles. The smallest absolute Gasteiger partial charge is 0.224 e. The van der Waals surface area contributed by atoms with Crippen molar-refractivity contribution in [3.63, 3.8) is 0 Å². The molecule has 0 spiro atoms. The minimum atomic E-state index is 0. The van der Waals surface area contributed by atoms with Crippen molar-refractivity contribution in [3.8, 4) is 0 Å². The average Bonchev–Trinajstić information content (AvgIpc) is 2.18. The molecule has 0 saturated heterocycles. The first-order valence-corrected chi connectivity index (χ1v) is 5.31. The van der Waals surface area contributed by atoms with Crippen molar-refractivity contribution >= 4 is 29.9 Å². The van der Waals surface area contributed by atoms with E-state index >= 15 is 0 Å². The Morgan fingerprint density at radius 3 is 2.81 bits per heavy atom. The van der Waals surface area contributed by atoms with E-state index in [1.807, 2.05) is 12.1 Å². The zero-order valence-corrected chi connectivity index (χ0v) is 10.5. The number of amides is 1. The van der Waals surface area contributed by atoms with Crippen LogP contribution in [0.1, 0.15) is 12.0 Å². The number of hydrogen-bond donors (Lipinski definition) is 2. The van der Waals surface area contributed by atoms with Crippen LogP contribution in [0.4, 0.5) is 0 Å². The van der Waals surface area contributed by atoms with E-state index in [2.05, 4.69) is 5.32 Å². The monoisotopic (exact) mass is 262 g/mol. The summed E-state index contributed by atoms with van der Waals surface area (Å²) in [5.41, 5.74) is 6.24. The third kappa shape index (κ3) is 5.95. The maximum Gasteiger partial charge on any atom is 0.224 e. The van der Waals surface area contributed by atoms with Gasteiger partial charge < -0.3 is 11.1 Å². The third-order valence-electron chi connectivity index (χ3n) is 1.96. The summed E-state index contributed by atoms with van der Waals surface area (Å²) in [6, 6.07) is 7.31. The van der Waals surface area contributed by atoms with Gasteiger partial charge in [0.15, 0.2) is 0 Å². The fourth-order valence-electron chi connectivity index (χ4n) is 1.22. The summed E-state index contributed by atoms with van der Waals surface area (Å²) in [7, 11) is 0. The van der Waals surface area contributed by atoms with Gasteiger partial charge in [-0.3, -0.25) is 4.79 Å². The highest BCUT2D eigenvalue weighted by atomic mass is 35.5. The lowest BCUT2D eigenvalue weighted by Gasteiger charge is -2.04. The van der Waals surface area contributed by atoms with Crippen LogP contribution in [-0.4, -0.2) is 19.0 Å². The van der Waals surface area contributed by atoms with Crippen LogP contribution in [0.15, 0.2) is 24.3 Å². The fraction of sp³-hybridized carbons (Fsp3) is 0.364. The standard InChI is InChI=1S/C11H15ClN2O.ClH/c12-10-4-1-3-9(7-10)8-11(15)14-6-2-5-13;/h1,3-4,7H,2,5-6,8,13H2,(H,14,15);1H. The minimum Gasteiger partial charge on any atom is -0.356 e. The van der Waals surface area contributed by atoms with Gasteiger partial charge in [-0.15, -0.1) is 12.4 Å². The Hall–Kier alpha value is -0.770. The number of hydrogen-bond acceptors (Lipinski definition) is 2. The lowest BCUT2D eigenvalue weighted by Crippen LogP contribution is -2.27. The van der Waals surface area contributed by atoms with Crippen molar-refractivity contribution in [1.29, 1.82) is 0 Å². The topological polar surface area (TPSA) is 55.1 Å². The van der Waals surface area contributed by atoms with Gasteiger partial charge in [-0.05, 0) is 30.7 Å². The number of carbonyl (C=O) groups excluding carboxylic acids is 1. The molecule has 0 aliphatic carbocycles. The van der Waals surface area contributed by atoms with Crippen LogP contribution in [0.2, 0.25) is 5.02 Å². The van der Waals surface area contributed by atoms with Crippen LogP contribution < -0.4 is 11.1 Å². The molecule has 0 fully saturated rings. The summed E-state index contributed by atoms with van der Waals surface area (Å²) in [4.78, 5) is 11.4. The number of halogens is 2. The highest BCUT2D eigenvalue weighted by Gasteiger charge is 2.02. The van der Waals surface area contributed by atoms with Crippen molar-refractivity contribution in [2.75, 3.05) is 13.1 Å². The van der Waals surface area contributed by atoms with Gasteiger partial charge in [0.1, 0.15) is 0 Å². The highest BCUT2D eigenvalue weighted by molar-refractivity contribution is 6.30. The van der Waals surface area contributed by atoms with E-state index in [0.717, 1.165) is 12.0 Å². The second-order valence-electron chi connectivity index (χ2n) is 3.30. The van der Waals surface area contributed by atoms with Gasteiger partial charge in [0.2, 0.25) is 5.91 Å². The molecule has 0 atom stereocenters. The number of nitrogens with two attached hydrogens (primary N) is 1. The minimum absolute atomic E-state index is 0. The Kier molecular flexibility index (Phi) is 7.99. The second-order valence-corrected chi connectivity index (χ2v) is 3.74. The number of carbonyl (C=O) groups is 1. The summed E-state index contributed by atoms with van der Waals surface area (Å²) < 4.78 is 0. The van der Waals surface area contributed by atoms with E-state index in [1.54, 1.807) is 12.1 Å². The predicted molar refractivity (Wildman–Crippen MR) is 69.1 cm³/mol. The van der Waals surface area contributed by atoms with Crippen LogP contribution in [0.5, 0.6) is 0 Å².